The number of phenolic OH excluding ortho intramolecular Hbond substituents is 1. The minimum absolute atomic E-state index is 0.0842. The first-order valence-corrected chi connectivity index (χ1v) is 7.66. The fraction of sp³-hybridized carbons (Fsp3) is 0.0667. The van der Waals surface area contributed by atoms with Gasteiger partial charge in [0.1, 0.15) is 0 Å². The van der Waals surface area contributed by atoms with Crippen LogP contribution in [0.2, 0.25) is 0 Å². The van der Waals surface area contributed by atoms with Crippen molar-refractivity contribution in [1.82, 2.24) is 10.3 Å². The Morgan fingerprint density at radius 1 is 1.42 bits per heavy atom. The van der Waals surface area contributed by atoms with E-state index >= 15 is 0 Å². The van der Waals surface area contributed by atoms with E-state index in [9.17, 15) is 20.0 Å². The van der Waals surface area contributed by atoms with Crippen molar-refractivity contribution >= 4 is 22.9 Å². The Bertz CT molecular complexity index is 888. The summed E-state index contributed by atoms with van der Waals surface area (Å²) in [5.74, 6) is -0.337. The first-order chi connectivity index (χ1) is 11.5. The van der Waals surface area contributed by atoms with E-state index in [1.807, 2.05) is 0 Å². The summed E-state index contributed by atoms with van der Waals surface area (Å²) in [4.78, 5) is 26.5. The van der Waals surface area contributed by atoms with E-state index in [1.54, 1.807) is 23.8 Å². The Labute approximate surface area is 139 Å². The summed E-state index contributed by atoms with van der Waals surface area (Å²) in [5, 5.41) is 25.3. The zero-order chi connectivity index (χ0) is 17.1. The molecular formula is C15H11N3O5S. The molecule has 0 aliphatic rings. The van der Waals surface area contributed by atoms with Gasteiger partial charge in [0.15, 0.2) is 16.5 Å². The second-order valence-corrected chi connectivity index (χ2v) is 5.62. The molecule has 0 atom stereocenters. The first kappa shape index (κ1) is 15.7. The molecule has 0 radical (unpaired) electrons. The Kier molecular flexibility index (Phi) is 4.25. The Balaban J connectivity index is 1.68. The van der Waals surface area contributed by atoms with Crippen molar-refractivity contribution < 1.29 is 19.2 Å². The van der Waals surface area contributed by atoms with Crippen molar-refractivity contribution in [1.29, 1.82) is 0 Å². The van der Waals surface area contributed by atoms with Crippen molar-refractivity contribution in [3.63, 3.8) is 0 Å². The van der Waals surface area contributed by atoms with Crippen molar-refractivity contribution in [3.05, 3.63) is 63.3 Å². The predicted octanol–water partition coefficient (Wildman–Crippen LogP) is 2.95. The highest BCUT2D eigenvalue weighted by Gasteiger charge is 2.17. The topological polar surface area (TPSA) is 118 Å². The highest BCUT2D eigenvalue weighted by molar-refractivity contribution is 7.13. The van der Waals surface area contributed by atoms with Gasteiger partial charge in [0.2, 0.25) is 0 Å². The lowest BCUT2D eigenvalue weighted by atomic mass is 10.1. The summed E-state index contributed by atoms with van der Waals surface area (Å²) in [5.41, 5.74) is 0.213. The molecule has 122 valence electrons. The number of aromatic hydroxyl groups is 1. The maximum Gasteiger partial charge on any atom is 0.311 e. The number of amides is 1. The number of aromatic nitrogens is 1. The van der Waals surface area contributed by atoms with Crippen LogP contribution in [0.5, 0.6) is 5.75 Å². The third-order valence-corrected chi connectivity index (χ3v) is 4.05. The number of benzene rings is 1. The summed E-state index contributed by atoms with van der Waals surface area (Å²) in [6.45, 7) is 0.171. The number of phenols is 1. The molecule has 3 rings (SSSR count). The largest absolute Gasteiger partial charge is 0.502 e. The van der Waals surface area contributed by atoms with Crippen LogP contribution in [0, 0.1) is 10.1 Å². The second-order valence-electron chi connectivity index (χ2n) is 4.76. The molecule has 24 heavy (non-hydrogen) atoms. The molecule has 0 saturated heterocycles. The van der Waals surface area contributed by atoms with Crippen molar-refractivity contribution in [3.8, 4) is 16.5 Å². The van der Waals surface area contributed by atoms with Gasteiger partial charge < -0.3 is 14.8 Å². The second kappa shape index (κ2) is 6.50. The summed E-state index contributed by atoms with van der Waals surface area (Å²) in [6.07, 6.45) is 1.55. The van der Waals surface area contributed by atoms with E-state index in [0.717, 1.165) is 12.1 Å². The first-order valence-electron chi connectivity index (χ1n) is 6.78. The van der Waals surface area contributed by atoms with Gasteiger partial charge in [-0.1, -0.05) is 0 Å². The lowest BCUT2D eigenvalue weighted by Gasteiger charge is -2.04. The van der Waals surface area contributed by atoms with E-state index in [0.29, 0.717) is 16.5 Å². The molecule has 0 bridgehead atoms. The van der Waals surface area contributed by atoms with Gasteiger partial charge in [0, 0.05) is 17.0 Å². The summed E-state index contributed by atoms with van der Waals surface area (Å²) in [7, 11) is 0. The molecule has 0 aliphatic carbocycles. The smallest absolute Gasteiger partial charge is 0.311 e. The third kappa shape index (κ3) is 3.25. The average molecular weight is 345 g/mol. The Morgan fingerprint density at radius 3 is 2.96 bits per heavy atom. The van der Waals surface area contributed by atoms with Crippen LogP contribution in [0.1, 0.15) is 16.1 Å². The van der Waals surface area contributed by atoms with E-state index in [4.69, 9.17) is 4.42 Å². The van der Waals surface area contributed by atoms with Gasteiger partial charge in [0.25, 0.3) is 5.91 Å². The average Bonchev–Trinajstić information content (AvgIpc) is 3.24. The van der Waals surface area contributed by atoms with Crippen LogP contribution in [0.3, 0.4) is 0 Å². The van der Waals surface area contributed by atoms with Crippen molar-refractivity contribution in [2.75, 3.05) is 0 Å². The number of nitrogens with one attached hydrogen (secondary N) is 1. The fourth-order valence-corrected chi connectivity index (χ4v) is 2.77. The van der Waals surface area contributed by atoms with Crippen LogP contribution in [-0.4, -0.2) is 20.9 Å². The lowest BCUT2D eigenvalue weighted by Crippen LogP contribution is -2.23. The maximum atomic E-state index is 12.1. The Morgan fingerprint density at radius 2 is 2.25 bits per heavy atom. The molecule has 0 saturated carbocycles. The molecule has 0 fully saturated rings. The van der Waals surface area contributed by atoms with Gasteiger partial charge >= 0.3 is 5.69 Å². The zero-order valence-corrected chi connectivity index (χ0v) is 12.9. The summed E-state index contributed by atoms with van der Waals surface area (Å²) >= 11 is 1.38. The highest BCUT2D eigenvalue weighted by atomic mass is 32.1. The van der Waals surface area contributed by atoms with Crippen LogP contribution in [0.4, 0.5) is 5.69 Å². The van der Waals surface area contributed by atoms with Gasteiger partial charge in [-0.05, 0) is 24.3 Å². The normalized spacial score (nSPS) is 10.5. The van der Waals surface area contributed by atoms with E-state index in [2.05, 4.69) is 10.3 Å². The van der Waals surface area contributed by atoms with Gasteiger partial charge in [-0.3, -0.25) is 14.9 Å². The van der Waals surface area contributed by atoms with E-state index < -0.39 is 22.3 Å². The van der Waals surface area contributed by atoms with E-state index in [-0.39, 0.29) is 12.1 Å². The van der Waals surface area contributed by atoms with Gasteiger partial charge in [-0.2, -0.15) is 0 Å². The number of nitro benzene ring substituents is 1. The number of thiazole rings is 1. The van der Waals surface area contributed by atoms with Gasteiger partial charge in [-0.25, -0.2) is 4.98 Å². The molecule has 1 aromatic carbocycles. The molecule has 8 nitrogen and oxygen atoms in total. The molecule has 2 aromatic heterocycles. The van der Waals surface area contributed by atoms with E-state index in [1.165, 1.54) is 17.4 Å². The molecular weight excluding hydrogens is 334 g/mol. The summed E-state index contributed by atoms with van der Waals surface area (Å²) in [6, 6.07) is 7.00. The number of nitrogens with zero attached hydrogens (tertiary/aromatic N) is 2. The number of rotatable bonds is 5. The number of nitro groups is 1. The number of furan rings is 1. The molecule has 3 aromatic rings. The molecule has 0 spiro atoms. The number of carbonyl (C=O) groups excluding carboxylic acids is 1. The quantitative estimate of drug-likeness (QED) is 0.542. The van der Waals surface area contributed by atoms with Gasteiger partial charge in [0.05, 0.1) is 23.4 Å². The highest BCUT2D eigenvalue weighted by Crippen LogP contribution is 2.26. The number of carbonyl (C=O) groups is 1. The monoisotopic (exact) mass is 345 g/mol. The van der Waals surface area contributed by atoms with Crippen LogP contribution in [0.15, 0.2) is 46.4 Å². The Hall–Kier alpha value is -3.20. The molecule has 0 aliphatic heterocycles. The fourth-order valence-electron chi connectivity index (χ4n) is 1.99. The molecule has 0 unspecified atom stereocenters. The standard InChI is InChI=1S/C15H11N3O5S/c19-12-4-3-9(6-11(12)18(21)22)14(20)16-7-10-8-24-15(17-10)13-2-1-5-23-13/h1-6,8,19H,7H2,(H,16,20). The molecule has 2 N–H and O–H groups in total. The molecule has 2 heterocycles. The predicted molar refractivity (Wildman–Crippen MR) is 85.7 cm³/mol. The third-order valence-electron chi connectivity index (χ3n) is 3.15. The van der Waals surface area contributed by atoms with Crippen LogP contribution < -0.4 is 5.32 Å². The zero-order valence-electron chi connectivity index (χ0n) is 12.1. The van der Waals surface area contributed by atoms with Crippen molar-refractivity contribution in [2.45, 2.75) is 6.54 Å². The lowest BCUT2D eigenvalue weighted by molar-refractivity contribution is -0.385. The van der Waals surface area contributed by atoms with Crippen molar-refractivity contribution in [2.24, 2.45) is 0 Å². The SMILES string of the molecule is O=C(NCc1csc(-c2ccco2)n1)c1ccc(O)c([N+](=O)[O-])c1. The van der Waals surface area contributed by atoms with Gasteiger partial charge in [-0.15, -0.1) is 11.3 Å². The van der Waals surface area contributed by atoms with Crippen LogP contribution in [0.25, 0.3) is 10.8 Å². The minimum Gasteiger partial charge on any atom is -0.502 e. The number of hydrogen-bond acceptors (Lipinski definition) is 7. The van der Waals surface area contributed by atoms with Crippen LogP contribution >= 0.6 is 11.3 Å². The molecule has 1 amide bonds. The molecule has 9 heteroatoms. The summed E-state index contributed by atoms with van der Waals surface area (Å²) < 4.78 is 5.25. The minimum atomic E-state index is -0.748. The maximum absolute atomic E-state index is 12.1. The number of hydrogen-bond donors (Lipinski definition) is 2. The van der Waals surface area contributed by atoms with Crippen LogP contribution in [-0.2, 0) is 6.54 Å².